The molecule has 20 heavy (non-hydrogen) atoms. The molecule has 4 heteroatoms. The highest BCUT2D eigenvalue weighted by Gasteiger charge is 2.23. The van der Waals surface area contributed by atoms with E-state index >= 15 is 0 Å². The molecule has 0 bridgehead atoms. The summed E-state index contributed by atoms with van der Waals surface area (Å²) >= 11 is 1.33. The number of carbonyl (C=O) groups excluding carboxylic acids is 1. The maximum atomic E-state index is 12.4. The Bertz CT molecular complexity index is 650. The Labute approximate surface area is 122 Å². The van der Waals surface area contributed by atoms with Crippen molar-refractivity contribution in [2.45, 2.75) is 32.6 Å². The molecule has 0 saturated heterocycles. The summed E-state index contributed by atoms with van der Waals surface area (Å²) in [6, 6.07) is 9.81. The van der Waals surface area contributed by atoms with Gasteiger partial charge in [-0.05, 0) is 24.0 Å². The highest BCUT2D eigenvalue weighted by molar-refractivity contribution is 7.13. The first-order valence-corrected chi connectivity index (χ1v) is 7.30. The van der Waals surface area contributed by atoms with Gasteiger partial charge >= 0.3 is 0 Å². The number of rotatable bonds is 4. The molecule has 0 spiro atoms. The van der Waals surface area contributed by atoms with Crippen LogP contribution in [0.4, 0.5) is 0 Å². The van der Waals surface area contributed by atoms with Crippen molar-refractivity contribution in [1.82, 2.24) is 4.98 Å². The number of nitrogens with zero attached hydrogens (tertiary/aromatic N) is 2. The molecule has 1 aromatic carbocycles. The number of benzene rings is 1. The van der Waals surface area contributed by atoms with Crippen molar-refractivity contribution >= 4 is 17.1 Å². The minimum absolute atomic E-state index is 0.171. The SMILES string of the molecule is Cc1ncc(C(=O)C(C#N)c2ccc(C(C)C)cc2)s1. The summed E-state index contributed by atoms with van der Waals surface area (Å²) in [7, 11) is 0. The molecule has 0 aliphatic heterocycles. The Morgan fingerprint density at radius 1 is 1.25 bits per heavy atom. The molecule has 1 unspecified atom stereocenters. The van der Waals surface area contributed by atoms with Crippen LogP contribution in [0.25, 0.3) is 0 Å². The Balaban J connectivity index is 2.28. The van der Waals surface area contributed by atoms with Crippen LogP contribution in [0.5, 0.6) is 0 Å². The maximum Gasteiger partial charge on any atom is 0.195 e. The molecule has 102 valence electrons. The van der Waals surface area contributed by atoms with Crippen molar-refractivity contribution in [3.8, 4) is 6.07 Å². The van der Waals surface area contributed by atoms with Gasteiger partial charge in [0, 0.05) is 6.20 Å². The van der Waals surface area contributed by atoms with Gasteiger partial charge in [-0.1, -0.05) is 38.1 Å². The van der Waals surface area contributed by atoms with Crippen LogP contribution >= 0.6 is 11.3 Å². The molecule has 0 amide bonds. The van der Waals surface area contributed by atoms with E-state index in [0.717, 1.165) is 10.6 Å². The van der Waals surface area contributed by atoms with Gasteiger partial charge in [0.05, 0.1) is 16.0 Å². The number of thiazole rings is 1. The third-order valence-corrected chi connectivity index (χ3v) is 4.12. The molecule has 3 nitrogen and oxygen atoms in total. The van der Waals surface area contributed by atoms with Gasteiger partial charge in [0.15, 0.2) is 5.78 Å². The molecular formula is C16H16N2OS. The van der Waals surface area contributed by atoms with E-state index in [2.05, 4.69) is 24.9 Å². The van der Waals surface area contributed by atoms with E-state index in [4.69, 9.17) is 0 Å². The molecule has 1 aromatic heterocycles. The van der Waals surface area contributed by atoms with E-state index < -0.39 is 5.92 Å². The fourth-order valence-corrected chi connectivity index (χ4v) is 2.72. The zero-order valence-electron chi connectivity index (χ0n) is 11.8. The summed E-state index contributed by atoms with van der Waals surface area (Å²) < 4.78 is 0. The van der Waals surface area contributed by atoms with Gasteiger partial charge in [0.2, 0.25) is 0 Å². The highest BCUT2D eigenvalue weighted by Crippen LogP contribution is 2.25. The van der Waals surface area contributed by atoms with Crippen LogP contribution in [-0.2, 0) is 0 Å². The van der Waals surface area contributed by atoms with Gasteiger partial charge in [-0.3, -0.25) is 4.79 Å². The normalized spacial score (nSPS) is 12.2. The van der Waals surface area contributed by atoms with Crippen molar-refractivity contribution in [2.24, 2.45) is 0 Å². The summed E-state index contributed by atoms with van der Waals surface area (Å²) in [4.78, 5) is 17.0. The van der Waals surface area contributed by atoms with Gasteiger partial charge in [-0.2, -0.15) is 5.26 Å². The van der Waals surface area contributed by atoms with Crippen LogP contribution < -0.4 is 0 Å². The second-order valence-corrected chi connectivity index (χ2v) is 6.23. The predicted molar refractivity (Wildman–Crippen MR) is 80.1 cm³/mol. The topological polar surface area (TPSA) is 53.8 Å². The molecular weight excluding hydrogens is 268 g/mol. The van der Waals surface area contributed by atoms with Crippen LogP contribution in [-0.4, -0.2) is 10.8 Å². The lowest BCUT2D eigenvalue weighted by Gasteiger charge is -2.10. The van der Waals surface area contributed by atoms with Crippen LogP contribution in [0.1, 0.15) is 51.5 Å². The summed E-state index contributed by atoms with van der Waals surface area (Å²) in [6.07, 6.45) is 1.55. The summed E-state index contributed by atoms with van der Waals surface area (Å²) in [5.74, 6) is -0.490. The lowest BCUT2D eigenvalue weighted by molar-refractivity contribution is 0.0982. The zero-order chi connectivity index (χ0) is 14.7. The van der Waals surface area contributed by atoms with E-state index in [0.29, 0.717) is 10.8 Å². The highest BCUT2D eigenvalue weighted by atomic mass is 32.1. The fourth-order valence-electron chi connectivity index (χ4n) is 1.98. The molecule has 2 rings (SSSR count). The molecule has 0 aliphatic rings. The first kappa shape index (κ1) is 14.4. The minimum atomic E-state index is -0.754. The van der Waals surface area contributed by atoms with E-state index in [1.54, 1.807) is 6.20 Å². The smallest absolute Gasteiger partial charge is 0.195 e. The van der Waals surface area contributed by atoms with E-state index in [1.807, 2.05) is 31.2 Å². The maximum absolute atomic E-state index is 12.4. The van der Waals surface area contributed by atoms with Crippen LogP contribution in [0.15, 0.2) is 30.5 Å². The summed E-state index contributed by atoms with van der Waals surface area (Å²) in [5, 5.41) is 10.1. The average Bonchev–Trinajstić information content (AvgIpc) is 2.86. The molecule has 2 aromatic rings. The molecule has 0 fully saturated rings. The fraction of sp³-hybridized carbons (Fsp3) is 0.312. The first-order valence-electron chi connectivity index (χ1n) is 6.49. The third-order valence-electron chi connectivity index (χ3n) is 3.19. The van der Waals surface area contributed by atoms with Gasteiger partial charge in [0.25, 0.3) is 0 Å². The third kappa shape index (κ3) is 2.94. The van der Waals surface area contributed by atoms with Crippen molar-refractivity contribution in [1.29, 1.82) is 5.26 Å². The molecule has 0 aliphatic carbocycles. The molecule has 1 heterocycles. The number of hydrogen-bond acceptors (Lipinski definition) is 4. The zero-order valence-corrected chi connectivity index (χ0v) is 12.6. The van der Waals surface area contributed by atoms with Gasteiger partial charge < -0.3 is 0 Å². The van der Waals surface area contributed by atoms with Gasteiger partial charge in [0.1, 0.15) is 5.92 Å². The van der Waals surface area contributed by atoms with Gasteiger partial charge in [-0.15, -0.1) is 11.3 Å². The van der Waals surface area contributed by atoms with Crippen molar-refractivity contribution in [3.63, 3.8) is 0 Å². The molecule has 1 atom stereocenters. The second-order valence-electron chi connectivity index (χ2n) is 4.99. The summed E-state index contributed by atoms with van der Waals surface area (Å²) in [5.41, 5.74) is 1.94. The van der Waals surface area contributed by atoms with Gasteiger partial charge in [-0.25, -0.2) is 4.98 Å². The quantitative estimate of drug-likeness (QED) is 0.795. The Hall–Kier alpha value is -1.99. The predicted octanol–water partition coefficient (Wildman–Crippen LogP) is 4.07. The largest absolute Gasteiger partial charge is 0.291 e. The monoisotopic (exact) mass is 284 g/mol. The lowest BCUT2D eigenvalue weighted by Crippen LogP contribution is -2.10. The molecule has 0 radical (unpaired) electrons. The number of aryl methyl sites for hydroxylation is 1. The molecule has 0 N–H and O–H groups in total. The van der Waals surface area contributed by atoms with Crippen molar-refractivity contribution in [3.05, 3.63) is 51.5 Å². The summed E-state index contributed by atoms with van der Waals surface area (Å²) in [6.45, 7) is 6.07. The Morgan fingerprint density at radius 2 is 1.85 bits per heavy atom. The number of nitriles is 1. The number of carbonyl (C=O) groups is 1. The Kier molecular flexibility index (Phi) is 4.31. The minimum Gasteiger partial charge on any atom is -0.291 e. The van der Waals surface area contributed by atoms with Crippen molar-refractivity contribution in [2.75, 3.05) is 0 Å². The van der Waals surface area contributed by atoms with Crippen LogP contribution in [0.3, 0.4) is 0 Å². The Morgan fingerprint density at radius 3 is 2.30 bits per heavy atom. The van der Waals surface area contributed by atoms with Crippen LogP contribution in [0.2, 0.25) is 0 Å². The average molecular weight is 284 g/mol. The standard InChI is InChI=1S/C16H16N2OS/c1-10(2)12-4-6-13(7-5-12)14(8-17)16(19)15-9-18-11(3)20-15/h4-7,9-10,14H,1-3H3. The first-order chi connectivity index (χ1) is 9.52. The number of ketones is 1. The van der Waals surface area contributed by atoms with E-state index in [9.17, 15) is 10.1 Å². The van der Waals surface area contributed by atoms with E-state index in [-0.39, 0.29) is 5.78 Å². The van der Waals surface area contributed by atoms with Crippen molar-refractivity contribution < 1.29 is 4.79 Å². The van der Waals surface area contributed by atoms with Crippen LogP contribution in [0, 0.1) is 18.3 Å². The van der Waals surface area contributed by atoms with E-state index in [1.165, 1.54) is 16.9 Å². The molecule has 0 saturated carbocycles. The number of aromatic nitrogens is 1. The number of Topliss-reactive ketones (excluding diaryl/α,β-unsaturated/α-hetero) is 1. The number of hydrogen-bond donors (Lipinski definition) is 0. The lowest BCUT2D eigenvalue weighted by atomic mass is 9.93. The second kappa shape index (κ2) is 5.98.